The minimum atomic E-state index is -0.624. The molecule has 110 valence electrons. The third-order valence-corrected chi connectivity index (χ3v) is 3.21. The average molecular weight is 310 g/mol. The molecule has 2 aromatic rings. The van der Waals surface area contributed by atoms with E-state index in [2.05, 4.69) is 4.74 Å². The number of nitrogens with zero attached hydrogens (tertiary/aromatic N) is 1. The first-order chi connectivity index (χ1) is 9.88. The van der Waals surface area contributed by atoms with E-state index < -0.39 is 17.8 Å². The Morgan fingerprint density at radius 2 is 1.86 bits per heavy atom. The number of hydrogen-bond acceptors (Lipinski definition) is 5. The van der Waals surface area contributed by atoms with E-state index in [4.69, 9.17) is 16.0 Å². The van der Waals surface area contributed by atoms with Crippen LogP contribution in [-0.2, 0) is 14.3 Å². The summed E-state index contributed by atoms with van der Waals surface area (Å²) < 4.78 is 9.93. The van der Waals surface area contributed by atoms with E-state index in [1.807, 2.05) is 0 Å². The number of fused-ring (bicyclic) bond motifs is 1. The van der Waals surface area contributed by atoms with Crippen LogP contribution >= 0.6 is 11.6 Å². The van der Waals surface area contributed by atoms with Gasteiger partial charge in [-0.1, -0.05) is 11.6 Å². The number of rotatable bonds is 2. The maximum absolute atomic E-state index is 11.7. The molecule has 7 heteroatoms. The zero-order chi connectivity index (χ0) is 15.7. The van der Waals surface area contributed by atoms with E-state index in [0.717, 1.165) is 4.90 Å². The summed E-state index contributed by atoms with van der Waals surface area (Å²) in [7, 11) is 1.23. The Balaban J connectivity index is 2.80. The van der Waals surface area contributed by atoms with Gasteiger partial charge in [-0.3, -0.25) is 9.59 Å². The van der Waals surface area contributed by atoms with E-state index in [-0.39, 0.29) is 21.9 Å². The van der Waals surface area contributed by atoms with Crippen LogP contribution in [0.2, 0.25) is 5.02 Å². The fourth-order valence-electron chi connectivity index (χ4n) is 2.12. The van der Waals surface area contributed by atoms with Gasteiger partial charge in [0.2, 0.25) is 11.8 Å². The Morgan fingerprint density at radius 1 is 1.24 bits per heavy atom. The molecular weight excluding hydrogens is 298 g/mol. The number of halogens is 1. The van der Waals surface area contributed by atoms with Crippen molar-refractivity contribution in [2.24, 2.45) is 0 Å². The van der Waals surface area contributed by atoms with Gasteiger partial charge in [-0.25, -0.2) is 9.69 Å². The van der Waals surface area contributed by atoms with Gasteiger partial charge in [0.05, 0.1) is 24.1 Å². The maximum atomic E-state index is 11.7. The maximum Gasteiger partial charge on any atom is 0.341 e. The molecule has 2 rings (SSSR count). The fourth-order valence-corrected chi connectivity index (χ4v) is 2.41. The number of esters is 1. The van der Waals surface area contributed by atoms with Gasteiger partial charge in [0.25, 0.3) is 0 Å². The lowest BCUT2D eigenvalue weighted by atomic mass is 10.1. The standard InChI is InChI=1S/C14H12ClNO5/c1-7(17)16(8(2)18)12-9-4-5-21-13(9)10(6-11(12)15)14(19)20-3/h4-6H,1-3H3. The highest BCUT2D eigenvalue weighted by atomic mass is 35.5. The van der Waals surface area contributed by atoms with E-state index in [0.29, 0.717) is 5.39 Å². The van der Waals surface area contributed by atoms with Crippen molar-refractivity contribution in [2.75, 3.05) is 12.0 Å². The minimum absolute atomic E-state index is 0.0784. The van der Waals surface area contributed by atoms with Crippen LogP contribution in [0.15, 0.2) is 22.8 Å². The second-order valence-corrected chi connectivity index (χ2v) is 4.69. The molecule has 0 saturated heterocycles. The summed E-state index contributed by atoms with van der Waals surface area (Å²) in [6.45, 7) is 2.50. The van der Waals surface area contributed by atoms with Gasteiger partial charge in [0, 0.05) is 19.2 Å². The van der Waals surface area contributed by atoms with Crippen LogP contribution in [-0.4, -0.2) is 24.9 Å². The quantitative estimate of drug-likeness (QED) is 0.797. The Bertz CT molecular complexity index is 735. The van der Waals surface area contributed by atoms with Gasteiger partial charge >= 0.3 is 5.97 Å². The molecule has 1 heterocycles. The Labute approximate surface area is 125 Å². The number of amides is 2. The molecule has 0 radical (unpaired) electrons. The molecule has 0 atom stereocenters. The predicted octanol–water partition coefficient (Wildman–Crippen LogP) is 2.77. The summed E-state index contributed by atoms with van der Waals surface area (Å²) in [4.78, 5) is 36.1. The molecule has 0 aliphatic carbocycles. The lowest BCUT2D eigenvalue weighted by Gasteiger charge is -2.20. The fraction of sp³-hybridized carbons (Fsp3) is 0.214. The number of imide groups is 1. The first kappa shape index (κ1) is 15.1. The van der Waals surface area contributed by atoms with Crippen molar-refractivity contribution in [1.29, 1.82) is 0 Å². The Morgan fingerprint density at radius 3 is 2.38 bits per heavy atom. The van der Waals surface area contributed by atoms with Crippen molar-refractivity contribution in [3.05, 3.63) is 29.0 Å². The summed E-state index contributed by atoms with van der Waals surface area (Å²) in [5.74, 6) is -1.60. The van der Waals surface area contributed by atoms with E-state index in [1.54, 1.807) is 0 Å². The zero-order valence-electron chi connectivity index (χ0n) is 11.6. The number of ether oxygens (including phenoxy) is 1. The molecule has 2 amide bonds. The lowest BCUT2D eigenvalue weighted by molar-refractivity contribution is -0.124. The predicted molar refractivity (Wildman–Crippen MR) is 76.4 cm³/mol. The zero-order valence-corrected chi connectivity index (χ0v) is 12.4. The highest BCUT2D eigenvalue weighted by molar-refractivity contribution is 6.38. The van der Waals surface area contributed by atoms with Crippen molar-refractivity contribution in [3.63, 3.8) is 0 Å². The first-order valence-corrected chi connectivity index (χ1v) is 6.35. The molecule has 1 aromatic carbocycles. The van der Waals surface area contributed by atoms with Crippen molar-refractivity contribution < 1.29 is 23.5 Å². The molecule has 0 spiro atoms. The molecule has 0 N–H and O–H groups in total. The van der Waals surface area contributed by atoms with Gasteiger partial charge in [-0.2, -0.15) is 0 Å². The molecule has 6 nitrogen and oxygen atoms in total. The van der Waals surface area contributed by atoms with Crippen LogP contribution in [0, 0.1) is 0 Å². The van der Waals surface area contributed by atoms with Gasteiger partial charge in [-0.05, 0) is 12.1 Å². The number of methoxy groups -OCH3 is 1. The second-order valence-electron chi connectivity index (χ2n) is 4.28. The molecule has 0 aliphatic heterocycles. The molecule has 0 fully saturated rings. The van der Waals surface area contributed by atoms with Crippen molar-refractivity contribution in [1.82, 2.24) is 0 Å². The van der Waals surface area contributed by atoms with Crippen LogP contribution in [0.25, 0.3) is 11.0 Å². The van der Waals surface area contributed by atoms with Crippen LogP contribution < -0.4 is 4.90 Å². The van der Waals surface area contributed by atoms with Gasteiger partial charge in [-0.15, -0.1) is 0 Å². The number of anilines is 1. The van der Waals surface area contributed by atoms with E-state index in [1.165, 1.54) is 39.4 Å². The molecule has 0 bridgehead atoms. The molecule has 0 unspecified atom stereocenters. The number of carbonyl (C=O) groups is 3. The number of hydrogen-bond donors (Lipinski definition) is 0. The van der Waals surface area contributed by atoms with Crippen LogP contribution in [0.3, 0.4) is 0 Å². The third-order valence-electron chi connectivity index (χ3n) is 2.92. The largest absolute Gasteiger partial charge is 0.465 e. The highest BCUT2D eigenvalue weighted by Gasteiger charge is 2.26. The van der Waals surface area contributed by atoms with E-state index in [9.17, 15) is 14.4 Å². The monoisotopic (exact) mass is 309 g/mol. The van der Waals surface area contributed by atoms with Crippen molar-refractivity contribution in [3.8, 4) is 0 Å². The summed E-state index contributed by atoms with van der Waals surface area (Å²) in [5.41, 5.74) is 0.514. The Kier molecular flexibility index (Phi) is 3.99. The summed E-state index contributed by atoms with van der Waals surface area (Å²) >= 11 is 6.15. The summed E-state index contributed by atoms with van der Waals surface area (Å²) in [6, 6.07) is 2.84. The van der Waals surface area contributed by atoms with Crippen LogP contribution in [0.5, 0.6) is 0 Å². The average Bonchev–Trinajstić information content (AvgIpc) is 2.88. The number of benzene rings is 1. The van der Waals surface area contributed by atoms with Crippen LogP contribution in [0.4, 0.5) is 5.69 Å². The molecule has 0 aliphatic rings. The molecule has 0 saturated carbocycles. The minimum Gasteiger partial charge on any atom is -0.465 e. The SMILES string of the molecule is COC(=O)c1cc(Cl)c(N(C(C)=O)C(C)=O)c2ccoc12. The Hall–Kier alpha value is -2.34. The highest BCUT2D eigenvalue weighted by Crippen LogP contribution is 2.38. The summed E-state index contributed by atoms with van der Waals surface area (Å²) in [5, 5.41) is 0.461. The second kappa shape index (κ2) is 5.57. The number of carbonyl (C=O) groups excluding carboxylic acids is 3. The molecule has 1 aromatic heterocycles. The van der Waals surface area contributed by atoms with Gasteiger partial charge in [0.15, 0.2) is 5.58 Å². The van der Waals surface area contributed by atoms with Crippen LogP contribution in [0.1, 0.15) is 24.2 Å². The normalized spacial score (nSPS) is 10.5. The first-order valence-electron chi connectivity index (χ1n) is 5.97. The topological polar surface area (TPSA) is 76.8 Å². The van der Waals surface area contributed by atoms with Gasteiger partial charge < -0.3 is 9.15 Å². The number of furan rings is 1. The molecule has 21 heavy (non-hydrogen) atoms. The smallest absolute Gasteiger partial charge is 0.341 e. The third kappa shape index (κ3) is 2.50. The summed E-state index contributed by atoms with van der Waals surface area (Å²) in [6.07, 6.45) is 1.34. The van der Waals surface area contributed by atoms with Gasteiger partial charge in [0.1, 0.15) is 5.56 Å². The molecular formula is C14H12ClNO5. The van der Waals surface area contributed by atoms with Crippen molar-refractivity contribution in [2.45, 2.75) is 13.8 Å². The van der Waals surface area contributed by atoms with Crippen molar-refractivity contribution >= 4 is 46.0 Å². The lowest BCUT2D eigenvalue weighted by Crippen LogP contribution is -2.33. The van der Waals surface area contributed by atoms with E-state index >= 15 is 0 Å².